The average Bonchev–Trinajstić information content (AvgIpc) is 2.39. The second-order valence-electron chi connectivity index (χ2n) is 3.84. The first kappa shape index (κ1) is 13.8. The normalized spacial score (nSPS) is 10.6. The lowest BCUT2D eigenvalue weighted by Crippen LogP contribution is -1.85. The maximum absolute atomic E-state index is 9.01. The van der Waals surface area contributed by atoms with Gasteiger partial charge in [-0.05, 0) is 35.4 Å². The van der Waals surface area contributed by atoms with Crippen molar-refractivity contribution in [3.05, 3.63) is 63.6 Å². The van der Waals surface area contributed by atoms with E-state index in [4.69, 9.17) is 28.3 Å². The molecule has 18 heavy (non-hydrogen) atoms. The predicted octanol–water partition coefficient (Wildman–Crippen LogP) is 4.78. The number of benzene rings is 2. The number of hydrogen-bond acceptors (Lipinski definition) is 2. The summed E-state index contributed by atoms with van der Waals surface area (Å²) in [6, 6.07) is 13.4. The molecule has 0 bridgehead atoms. The fraction of sp³-hybridized carbons (Fsp3) is 0.143. The van der Waals surface area contributed by atoms with E-state index in [1.165, 1.54) is 5.56 Å². The third-order valence-corrected chi connectivity index (χ3v) is 4.31. The highest BCUT2D eigenvalue weighted by molar-refractivity contribution is 7.98. The molecule has 2 aromatic rings. The van der Waals surface area contributed by atoms with Crippen molar-refractivity contribution in [3.63, 3.8) is 0 Å². The molecule has 94 valence electrons. The van der Waals surface area contributed by atoms with Gasteiger partial charge >= 0.3 is 0 Å². The quantitative estimate of drug-likeness (QED) is 0.820. The van der Waals surface area contributed by atoms with E-state index >= 15 is 0 Å². The Morgan fingerprint density at radius 1 is 0.944 bits per heavy atom. The first-order valence-corrected chi connectivity index (χ1v) is 7.20. The third kappa shape index (κ3) is 3.66. The van der Waals surface area contributed by atoms with E-state index in [1.54, 1.807) is 17.8 Å². The van der Waals surface area contributed by atoms with Crippen LogP contribution >= 0.6 is 35.0 Å². The maximum atomic E-state index is 9.01. The first-order valence-electron chi connectivity index (χ1n) is 5.45. The topological polar surface area (TPSA) is 20.2 Å². The van der Waals surface area contributed by atoms with Crippen molar-refractivity contribution in [1.82, 2.24) is 0 Å². The summed E-state index contributed by atoms with van der Waals surface area (Å²) in [5.41, 5.74) is 2.03. The number of hydrogen-bond donors (Lipinski definition) is 1. The van der Waals surface area contributed by atoms with Crippen LogP contribution in [0, 0.1) is 0 Å². The number of rotatable bonds is 4. The lowest BCUT2D eigenvalue weighted by molar-refractivity contribution is 0.282. The minimum absolute atomic E-state index is 0.0157. The Kier molecular flexibility index (Phi) is 4.95. The van der Waals surface area contributed by atoms with Crippen molar-refractivity contribution >= 4 is 35.0 Å². The highest BCUT2D eigenvalue weighted by Crippen LogP contribution is 2.30. The molecule has 0 aromatic heterocycles. The van der Waals surface area contributed by atoms with E-state index in [0.29, 0.717) is 5.02 Å². The summed E-state index contributed by atoms with van der Waals surface area (Å²) < 4.78 is 0. The highest BCUT2D eigenvalue weighted by Gasteiger charge is 2.03. The molecule has 0 saturated heterocycles. The Hall–Kier alpha value is -0.670. The van der Waals surface area contributed by atoms with Crippen LogP contribution in [0.4, 0.5) is 0 Å². The largest absolute Gasteiger partial charge is 0.392 e. The number of aliphatic hydroxyl groups excluding tert-OH is 1. The van der Waals surface area contributed by atoms with Gasteiger partial charge in [0.25, 0.3) is 0 Å². The smallest absolute Gasteiger partial charge is 0.0682 e. The van der Waals surface area contributed by atoms with Gasteiger partial charge in [-0.15, -0.1) is 11.8 Å². The van der Waals surface area contributed by atoms with E-state index in [9.17, 15) is 0 Å². The molecule has 0 fully saturated rings. The van der Waals surface area contributed by atoms with Crippen molar-refractivity contribution in [2.75, 3.05) is 0 Å². The Morgan fingerprint density at radius 3 is 2.22 bits per heavy atom. The predicted molar refractivity (Wildman–Crippen MR) is 78.4 cm³/mol. The lowest BCUT2D eigenvalue weighted by Gasteiger charge is -2.06. The lowest BCUT2D eigenvalue weighted by atomic mass is 10.2. The highest BCUT2D eigenvalue weighted by atomic mass is 35.5. The van der Waals surface area contributed by atoms with Gasteiger partial charge in [0.2, 0.25) is 0 Å². The molecule has 0 atom stereocenters. The van der Waals surface area contributed by atoms with Gasteiger partial charge in [0.1, 0.15) is 0 Å². The molecule has 4 heteroatoms. The molecule has 0 aliphatic heterocycles. The van der Waals surface area contributed by atoms with Crippen LogP contribution in [0.3, 0.4) is 0 Å². The summed E-state index contributed by atoms with van der Waals surface area (Å²) in [5.74, 6) is 0.843. The Labute approximate surface area is 121 Å². The van der Waals surface area contributed by atoms with Crippen LogP contribution in [-0.2, 0) is 12.4 Å². The molecule has 0 saturated carbocycles. The minimum Gasteiger partial charge on any atom is -0.392 e. The molecule has 1 N–H and O–H groups in total. The fourth-order valence-electron chi connectivity index (χ4n) is 1.50. The van der Waals surface area contributed by atoms with Crippen LogP contribution in [0.15, 0.2) is 47.4 Å². The van der Waals surface area contributed by atoms with Gasteiger partial charge in [-0.2, -0.15) is 0 Å². The second kappa shape index (κ2) is 6.48. The fourth-order valence-corrected chi connectivity index (χ4v) is 2.87. The van der Waals surface area contributed by atoms with Crippen molar-refractivity contribution in [2.24, 2.45) is 0 Å². The first-order chi connectivity index (χ1) is 8.69. The zero-order chi connectivity index (χ0) is 13.0. The molecule has 0 aliphatic rings. The van der Waals surface area contributed by atoms with Gasteiger partial charge in [0.05, 0.1) is 11.6 Å². The number of aliphatic hydroxyl groups is 1. The summed E-state index contributed by atoms with van der Waals surface area (Å²) in [6.45, 7) is 0.0157. The number of halogens is 2. The summed E-state index contributed by atoms with van der Waals surface area (Å²) in [7, 11) is 0. The van der Waals surface area contributed by atoms with Crippen LogP contribution in [0.2, 0.25) is 10.0 Å². The van der Waals surface area contributed by atoms with Crippen molar-refractivity contribution < 1.29 is 5.11 Å². The van der Waals surface area contributed by atoms with E-state index in [2.05, 4.69) is 0 Å². The van der Waals surface area contributed by atoms with Crippen molar-refractivity contribution in [1.29, 1.82) is 0 Å². The van der Waals surface area contributed by atoms with Gasteiger partial charge in [-0.1, -0.05) is 41.4 Å². The third-order valence-electron chi connectivity index (χ3n) is 2.49. The molecule has 2 rings (SSSR count). The number of thioether (sulfide) groups is 1. The van der Waals surface area contributed by atoms with E-state index in [1.807, 2.05) is 36.4 Å². The molecular formula is C14H12Cl2OS. The minimum atomic E-state index is 0.0157. The second-order valence-corrected chi connectivity index (χ2v) is 5.70. The molecule has 0 radical (unpaired) electrons. The maximum Gasteiger partial charge on any atom is 0.0682 e. The molecule has 0 unspecified atom stereocenters. The molecule has 2 aromatic carbocycles. The van der Waals surface area contributed by atoms with Gasteiger partial charge in [-0.3, -0.25) is 0 Å². The van der Waals surface area contributed by atoms with Gasteiger partial charge in [-0.25, -0.2) is 0 Å². The molecule has 0 spiro atoms. The summed E-state index contributed by atoms with van der Waals surface area (Å²) in [4.78, 5) is 1.02. The standard InChI is InChI=1S/C14H12Cl2OS/c15-12-4-1-10(2-5-12)9-18-14-6-3-11(8-17)7-13(14)16/h1-7,17H,8-9H2. The van der Waals surface area contributed by atoms with Crippen LogP contribution in [0.1, 0.15) is 11.1 Å². The summed E-state index contributed by atoms with van der Waals surface area (Å²) >= 11 is 13.7. The Morgan fingerprint density at radius 2 is 1.61 bits per heavy atom. The monoisotopic (exact) mass is 298 g/mol. The van der Waals surface area contributed by atoms with Crippen molar-refractivity contribution in [3.8, 4) is 0 Å². The SMILES string of the molecule is OCc1ccc(SCc2ccc(Cl)cc2)c(Cl)c1. The van der Waals surface area contributed by atoms with Crippen LogP contribution in [0.5, 0.6) is 0 Å². The summed E-state index contributed by atoms with van der Waals surface area (Å²) in [6.07, 6.45) is 0. The van der Waals surface area contributed by atoms with Gasteiger partial charge in [0.15, 0.2) is 0 Å². The van der Waals surface area contributed by atoms with Gasteiger partial charge in [0, 0.05) is 15.7 Å². The van der Waals surface area contributed by atoms with Crippen molar-refractivity contribution in [2.45, 2.75) is 17.3 Å². The molecule has 0 amide bonds. The van der Waals surface area contributed by atoms with Crippen LogP contribution in [-0.4, -0.2) is 5.11 Å². The van der Waals surface area contributed by atoms with Gasteiger partial charge < -0.3 is 5.11 Å². The summed E-state index contributed by atoms with van der Waals surface area (Å²) in [5, 5.41) is 10.4. The molecule has 1 nitrogen and oxygen atoms in total. The van der Waals surface area contributed by atoms with Crippen LogP contribution < -0.4 is 0 Å². The van der Waals surface area contributed by atoms with E-state index < -0.39 is 0 Å². The molecular weight excluding hydrogens is 287 g/mol. The Bertz CT molecular complexity index is 526. The molecule has 0 heterocycles. The van der Waals surface area contributed by atoms with E-state index in [-0.39, 0.29) is 6.61 Å². The Balaban J connectivity index is 2.04. The zero-order valence-corrected chi connectivity index (χ0v) is 11.9. The zero-order valence-electron chi connectivity index (χ0n) is 9.57. The van der Waals surface area contributed by atoms with Crippen LogP contribution in [0.25, 0.3) is 0 Å². The molecule has 0 aliphatic carbocycles. The average molecular weight is 299 g/mol. The van der Waals surface area contributed by atoms with E-state index in [0.717, 1.165) is 21.2 Å².